The van der Waals surface area contributed by atoms with Crippen LogP contribution in [0.4, 0.5) is 0 Å². The van der Waals surface area contributed by atoms with Gasteiger partial charge in [-0.25, -0.2) is 9.97 Å². The molecule has 0 spiro atoms. The molecule has 0 radical (unpaired) electrons. The van der Waals surface area contributed by atoms with Gasteiger partial charge in [-0.15, -0.1) is 12.4 Å². The first-order valence-electron chi connectivity index (χ1n) is 7.21. The Bertz CT molecular complexity index is 606. The van der Waals surface area contributed by atoms with Gasteiger partial charge in [0.15, 0.2) is 0 Å². The molecule has 2 aromatic rings. The second-order valence-corrected chi connectivity index (χ2v) is 5.37. The van der Waals surface area contributed by atoms with Gasteiger partial charge in [-0.1, -0.05) is 18.0 Å². The first-order chi connectivity index (χ1) is 10.3. The molecule has 1 aliphatic carbocycles. The number of halogens is 1. The van der Waals surface area contributed by atoms with Gasteiger partial charge >= 0.3 is 0 Å². The Morgan fingerprint density at radius 2 is 2.14 bits per heavy atom. The standard InChI is InChI=1S/C14H19N5O2.ClH/c1-20-12-7-11(16-8-17-12)14-18-13(21-19-14)6-9-4-2-3-5-10(9)15;/h7-10H,2-6,15H2,1H3;1H. The van der Waals surface area contributed by atoms with Crippen LogP contribution in [0.2, 0.25) is 0 Å². The molecule has 8 heteroatoms. The molecule has 2 aromatic heterocycles. The highest BCUT2D eigenvalue weighted by molar-refractivity contribution is 5.85. The molecule has 22 heavy (non-hydrogen) atoms. The minimum atomic E-state index is 0. The highest BCUT2D eigenvalue weighted by atomic mass is 35.5. The second-order valence-electron chi connectivity index (χ2n) is 5.37. The molecule has 2 atom stereocenters. The summed E-state index contributed by atoms with van der Waals surface area (Å²) in [5.74, 6) is 1.97. The Labute approximate surface area is 135 Å². The van der Waals surface area contributed by atoms with Crippen molar-refractivity contribution in [1.29, 1.82) is 0 Å². The van der Waals surface area contributed by atoms with Crippen LogP contribution in [0.15, 0.2) is 16.9 Å². The summed E-state index contributed by atoms with van der Waals surface area (Å²) in [6.45, 7) is 0. The minimum Gasteiger partial charge on any atom is -0.481 e. The van der Waals surface area contributed by atoms with E-state index in [4.69, 9.17) is 15.0 Å². The van der Waals surface area contributed by atoms with Gasteiger partial charge in [0, 0.05) is 18.5 Å². The summed E-state index contributed by atoms with van der Waals surface area (Å²) in [6, 6.07) is 1.91. The highest BCUT2D eigenvalue weighted by Crippen LogP contribution is 2.26. The van der Waals surface area contributed by atoms with Crippen molar-refractivity contribution in [3.8, 4) is 17.4 Å². The Kier molecular flexibility index (Phi) is 5.68. The predicted octanol–water partition coefficient (Wildman–Crippen LogP) is 2.02. The molecule has 0 aromatic carbocycles. The lowest BCUT2D eigenvalue weighted by molar-refractivity contribution is 0.273. The van der Waals surface area contributed by atoms with Crippen LogP contribution in [-0.2, 0) is 6.42 Å². The fourth-order valence-corrected chi connectivity index (χ4v) is 2.73. The van der Waals surface area contributed by atoms with Crippen LogP contribution in [0.1, 0.15) is 31.6 Å². The molecule has 7 nitrogen and oxygen atoms in total. The van der Waals surface area contributed by atoms with Crippen molar-refractivity contribution in [2.45, 2.75) is 38.1 Å². The van der Waals surface area contributed by atoms with Crippen LogP contribution in [0.3, 0.4) is 0 Å². The van der Waals surface area contributed by atoms with E-state index in [0.717, 1.165) is 19.3 Å². The number of nitrogens with two attached hydrogens (primary N) is 1. The zero-order chi connectivity index (χ0) is 14.7. The summed E-state index contributed by atoms with van der Waals surface area (Å²) >= 11 is 0. The summed E-state index contributed by atoms with van der Waals surface area (Å²) in [5, 5.41) is 3.98. The summed E-state index contributed by atoms with van der Waals surface area (Å²) < 4.78 is 10.4. The lowest BCUT2D eigenvalue weighted by Crippen LogP contribution is -2.34. The lowest BCUT2D eigenvalue weighted by Gasteiger charge is -2.27. The summed E-state index contributed by atoms with van der Waals surface area (Å²) in [5.41, 5.74) is 6.74. The quantitative estimate of drug-likeness (QED) is 0.917. The third-order valence-corrected chi connectivity index (χ3v) is 3.95. The summed E-state index contributed by atoms with van der Waals surface area (Å²) in [6.07, 6.45) is 6.79. The maximum atomic E-state index is 6.16. The molecule has 0 bridgehead atoms. The molecule has 2 unspecified atom stereocenters. The topological polar surface area (TPSA) is 100.0 Å². The Morgan fingerprint density at radius 3 is 2.91 bits per heavy atom. The molecule has 1 saturated carbocycles. The number of aromatic nitrogens is 4. The number of methoxy groups -OCH3 is 1. The zero-order valence-corrected chi connectivity index (χ0v) is 13.3. The molecule has 1 aliphatic rings. The maximum Gasteiger partial charge on any atom is 0.227 e. The molecular weight excluding hydrogens is 306 g/mol. The average Bonchev–Trinajstić information content (AvgIpc) is 2.98. The number of ether oxygens (including phenoxy) is 1. The smallest absolute Gasteiger partial charge is 0.227 e. The third kappa shape index (κ3) is 3.72. The Balaban J connectivity index is 0.00000176. The molecule has 120 valence electrons. The highest BCUT2D eigenvalue weighted by Gasteiger charge is 2.24. The molecule has 1 fully saturated rings. The van der Waals surface area contributed by atoms with E-state index in [1.54, 1.807) is 13.2 Å². The first kappa shape index (κ1) is 16.6. The van der Waals surface area contributed by atoms with Crippen molar-refractivity contribution in [2.24, 2.45) is 11.7 Å². The predicted molar refractivity (Wildman–Crippen MR) is 82.8 cm³/mol. The summed E-state index contributed by atoms with van der Waals surface area (Å²) in [4.78, 5) is 12.5. The van der Waals surface area contributed by atoms with Gasteiger partial charge in [0.2, 0.25) is 17.6 Å². The number of hydrogen-bond acceptors (Lipinski definition) is 7. The van der Waals surface area contributed by atoms with Crippen LogP contribution in [0.25, 0.3) is 11.5 Å². The van der Waals surface area contributed by atoms with E-state index >= 15 is 0 Å². The average molecular weight is 326 g/mol. The fourth-order valence-electron chi connectivity index (χ4n) is 2.73. The molecule has 2 N–H and O–H groups in total. The van der Waals surface area contributed by atoms with E-state index in [-0.39, 0.29) is 18.4 Å². The number of hydrogen-bond donors (Lipinski definition) is 1. The zero-order valence-electron chi connectivity index (χ0n) is 12.4. The van der Waals surface area contributed by atoms with Gasteiger partial charge in [-0.05, 0) is 18.8 Å². The summed E-state index contributed by atoms with van der Waals surface area (Å²) in [7, 11) is 1.55. The minimum absolute atomic E-state index is 0. The Hall–Kier alpha value is -1.73. The molecule has 0 saturated heterocycles. The van der Waals surface area contributed by atoms with Crippen LogP contribution in [-0.4, -0.2) is 33.3 Å². The molecule has 0 aliphatic heterocycles. The largest absolute Gasteiger partial charge is 0.481 e. The molecule has 0 amide bonds. The van der Waals surface area contributed by atoms with E-state index in [1.807, 2.05) is 0 Å². The van der Waals surface area contributed by atoms with Crippen molar-refractivity contribution in [3.63, 3.8) is 0 Å². The SMILES string of the molecule is COc1cc(-c2noc(CC3CCCCC3N)n2)ncn1.Cl. The van der Waals surface area contributed by atoms with E-state index in [9.17, 15) is 0 Å². The van der Waals surface area contributed by atoms with E-state index in [1.165, 1.54) is 19.2 Å². The monoisotopic (exact) mass is 325 g/mol. The van der Waals surface area contributed by atoms with Crippen molar-refractivity contribution in [3.05, 3.63) is 18.3 Å². The van der Waals surface area contributed by atoms with Gasteiger partial charge in [-0.2, -0.15) is 4.98 Å². The van der Waals surface area contributed by atoms with E-state index in [0.29, 0.717) is 29.2 Å². The first-order valence-corrected chi connectivity index (χ1v) is 7.21. The van der Waals surface area contributed by atoms with Gasteiger partial charge in [0.1, 0.15) is 12.0 Å². The molecule has 2 heterocycles. The number of rotatable bonds is 4. The van der Waals surface area contributed by atoms with E-state index < -0.39 is 0 Å². The number of nitrogens with zero attached hydrogens (tertiary/aromatic N) is 4. The molecule has 3 rings (SSSR count). The van der Waals surface area contributed by atoms with Crippen molar-refractivity contribution >= 4 is 12.4 Å². The van der Waals surface area contributed by atoms with Crippen LogP contribution < -0.4 is 10.5 Å². The fraction of sp³-hybridized carbons (Fsp3) is 0.571. The van der Waals surface area contributed by atoms with Gasteiger partial charge in [0.25, 0.3) is 0 Å². The van der Waals surface area contributed by atoms with Crippen molar-refractivity contribution in [1.82, 2.24) is 20.1 Å². The normalized spacial score (nSPS) is 21.2. The van der Waals surface area contributed by atoms with Crippen LogP contribution >= 0.6 is 12.4 Å². The maximum absolute atomic E-state index is 6.16. The van der Waals surface area contributed by atoms with E-state index in [2.05, 4.69) is 20.1 Å². The van der Waals surface area contributed by atoms with Crippen LogP contribution in [0, 0.1) is 5.92 Å². The third-order valence-electron chi connectivity index (χ3n) is 3.95. The van der Waals surface area contributed by atoms with Gasteiger partial charge < -0.3 is 15.0 Å². The van der Waals surface area contributed by atoms with Crippen molar-refractivity contribution in [2.75, 3.05) is 7.11 Å². The second kappa shape index (κ2) is 7.51. The molecular formula is C14H20ClN5O2. The van der Waals surface area contributed by atoms with Crippen molar-refractivity contribution < 1.29 is 9.26 Å². The lowest BCUT2D eigenvalue weighted by atomic mass is 9.83. The van der Waals surface area contributed by atoms with Crippen LogP contribution in [0.5, 0.6) is 5.88 Å². The van der Waals surface area contributed by atoms with Gasteiger partial charge in [0.05, 0.1) is 7.11 Å². The Morgan fingerprint density at radius 1 is 1.32 bits per heavy atom. The van der Waals surface area contributed by atoms with Gasteiger partial charge in [-0.3, -0.25) is 0 Å².